The Kier molecular flexibility index (Phi) is 2.42. The van der Waals surface area contributed by atoms with Gasteiger partial charge in [-0.05, 0) is 6.42 Å². The van der Waals surface area contributed by atoms with Gasteiger partial charge in [-0.2, -0.15) is 0 Å². The molecule has 1 amide bonds. The highest BCUT2D eigenvalue weighted by Crippen LogP contribution is 2.06. The Balaban J connectivity index is 2.56. The first kappa shape index (κ1) is 8.70. The monoisotopic (exact) mass is 171 g/mol. The Hall–Kier alpha value is -1.39. The van der Waals surface area contributed by atoms with E-state index in [-0.39, 0.29) is 6.42 Å². The van der Waals surface area contributed by atoms with Crippen LogP contribution < -0.4 is 5.32 Å². The van der Waals surface area contributed by atoms with Gasteiger partial charge in [0.2, 0.25) is 5.78 Å². The minimum absolute atomic E-state index is 0.117. The van der Waals surface area contributed by atoms with Gasteiger partial charge in [-0.15, -0.1) is 0 Å². The highest BCUT2D eigenvalue weighted by molar-refractivity contribution is 6.37. The Morgan fingerprint density at radius 3 is 2.75 bits per heavy atom. The first-order chi connectivity index (χ1) is 5.65. The first-order valence-corrected chi connectivity index (χ1v) is 3.56. The van der Waals surface area contributed by atoms with Crippen LogP contribution in [0.5, 0.6) is 0 Å². The number of ether oxygens (including phenoxy) is 1. The molecule has 1 fully saturated rings. The molecular weight excluding hydrogens is 162 g/mol. The lowest BCUT2D eigenvalue weighted by atomic mass is 10.0. The summed E-state index contributed by atoms with van der Waals surface area (Å²) < 4.78 is 4.41. The number of carbonyl (C=O) groups is 3. The van der Waals surface area contributed by atoms with Crippen molar-refractivity contribution in [1.82, 2.24) is 5.32 Å². The highest BCUT2D eigenvalue weighted by Gasteiger charge is 2.30. The fraction of sp³-hybridized carbons (Fsp3) is 0.571. The van der Waals surface area contributed by atoms with Crippen LogP contribution in [0.15, 0.2) is 0 Å². The second-order valence-corrected chi connectivity index (χ2v) is 2.51. The average Bonchev–Trinajstić information content (AvgIpc) is 2.08. The van der Waals surface area contributed by atoms with Gasteiger partial charge in [0.05, 0.1) is 7.11 Å². The van der Waals surface area contributed by atoms with E-state index < -0.39 is 23.7 Å². The molecule has 1 aliphatic heterocycles. The molecule has 5 nitrogen and oxygen atoms in total. The zero-order valence-corrected chi connectivity index (χ0v) is 6.62. The number of methoxy groups -OCH3 is 1. The number of hydrogen-bond donors (Lipinski definition) is 1. The number of hydrogen-bond acceptors (Lipinski definition) is 4. The number of esters is 1. The van der Waals surface area contributed by atoms with E-state index in [1.807, 2.05) is 0 Å². The lowest BCUT2D eigenvalue weighted by Gasteiger charge is -2.19. The molecule has 12 heavy (non-hydrogen) atoms. The molecule has 1 rings (SSSR count). The Morgan fingerprint density at radius 1 is 1.58 bits per heavy atom. The van der Waals surface area contributed by atoms with Crippen molar-refractivity contribution in [1.29, 1.82) is 0 Å². The molecule has 1 heterocycles. The zero-order valence-electron chi connectivity index (χ0n) is 6.62. The van der Waals surface area contributed by atoms with E-state index in [1.165, 1.54) is 7.11 Å². The van der Waals surface area contributed by atoms with Crippen LogP contribution in [0.4, 0.5) is 0 Å². The second kappa shape index (κ2) is 3.34. The molecule has 1 unspecified atom stereocenters. The van der Waals surface area contributed by atoms with E-state index in [4.69, 9.17) is 0 Å². The van der Waals surface area contributed by atoms with Crippen molar-refractivity contribution in [2.24, 2.45) is 0 Å². The van der Waals surface area contributed by atoms with Gasteiger partial charge in [-0.1, -0.05) is 0 Å². The normalized spacial score (nSPS) is 23.2. The molecule has 0 saturated carbocycles. The van der Waals surface area contributed by atoms with E-state index in [9.17, 15) is 14.4 Å². The summed E-state index contributed by atoms with van der Waals surface area (Å²) in [6, 6.07) is -0.653. The van der Waals surface area contributed by atoms with Gasteiger partial charge in [0.25, 0.3) is 5.91 Å². The van der Waals surface area contributed by atoms with Gasteiger partial charge in [0.15, 0.2) is 0 Å². The molecule has 0 bridgehead atoms. The van der Waals surface area contributed by atoms with E-state index in [0.717, 1.165) is 0 Å². The number of carbonyl (C=O) groups excluding carboxylic acids is 3. The average molecular weight is 171 g/mol. The summed E-state index contributed by atoms with van der Waals surface area (Å²) >= 11 is 0. The van der Waals surface area contributed by atoms with Crippen LogP contribution in [0, 0.1) is 0 Å². The molecule has 0 aromatic heterocycles. The summed E-state index contributed by atoms with van der Waals surface area (Å²) in [6.45, 7) is 0. The molecule has 0 spiro atoms. The molecule has 0 aromatic rings. The van der Waals surface area contributed by atoms with E-state index in [0.29, 0.717) is 6.42 Å². The van der Waals surface area contributed by atoms with Crippen LogP contribution in [0.2, 0.25) is 0 Å². The van der Waals surface area contributed by atoms with Gasteiger partial charge >= 0.3 is 5.97 Å². The molecule has 1 atom stereocenters. The van der Waals surface area contributed by atoms with Gasteiger partial charge in [0.1, 0.15) is 6.04 Å². The maximum atomic E-state index is 10.9. The third-order valence-corrected chi connectivity index (χ3v) is 1.70. The van der Waals surface area contributed by atoms with Crippen molar-refractivity contribution in [2.75, 3.05) is 7.11 Å². The Labute approximate surface area is 69.1 Å². The molecule has 1 aliphatic rings. The van der Waals surface area contributed by atoms with E-state index in [2.05, 4.69) is 10.1 Å². The van der Waals surface area contributed by atoms with Gasteiger partial charge in [-0.25, -0.2) is 4.79 Å². The summed E-state index contributed by atoms with van der Waals surface area (Å²) in [5, 5.41) is 2.25. The topological polar surface area (TPSA) is 72.5 Å². The van der Waals surface area contributed by atoms with Gasteiger partial charge < -0.3 is 10.1 Å². The molecule has 0 aliphatic carbocycles. The third kappa shape index (κ3) is 1.61. The van der Waals surface area contributed by atoms with Crippen LogP contribution in [-0.2, 0) is 19.1 Å². The van der Waals surface area contributed by atoms with E-state index >= 15 is 0 Å². The standard InChI is InChI=1S/C7H9NO4/c1-12-7(11)4-2-3-5(9)6(10)8-4/h4H,2-3H2,1H3,(H,8,10). The van der Waals surface area contributed by atoms with Gasteiger partial charge in [-0.3, -0.25) is 9.59 Å². The largest absolute Gasteiger partial charge is 0.467 e. The maximum Gasteiger partial charge on any atom is 0.328 e. The highest BCUT2D eigenvalue weighted by atomic mass is 16.5. The minimum Gasteiger partial charge on any atom is -0.467 e. The van der Waals surface area contributed by atoms with E-state index in [1.54, 1.807) is 0 Å². The van der Waals surface area contributed by atoms with Crippen molar-refractivity contribution in [3.05, 3.63) is 0 Å². The minimum atomic E-state index is -0.698. The lowest BCUT2D eigenvalue weighted by Crippen LogP contribution is -2.48. The van der Waals surface area contributed by atoms with Crippen molar-refractivity contribution in [3.8, 4) is 0 Å². The predicted molar refractivity (Wildman–Crippen MR) is 38.2 cm³/mol. The third-order valence-electron chi connectivity index (χ3n) is 1.70. The zero-order chi connectivity index (χ0) is 9.14. The lowest BCUT2D eigenvalue weighted by molar-refractivity contribution is -0.149. The van der Waals surface area contributed by atoms with Crippen LogP contribution in [0.1, 0.15) is 12.8 Å². The molecule has 5 heteroatoms. The molecular formula is C7H9NO4. The fourth-order valence-electron chi connectivity index (χ4n) is 1.02. The fourth-order valence-corrected chi connectivity index (χ4v) is 1.02. The molecule has 0 radical (unpaired) electrons. The summed E-state index contributed by atoms with van der Waals surface area (Å²) in [4.78, 5) is 32.3. The van der Waals surface area contributed by atoms with Crippen molar-refractivity contribution in [3.63, 3.8) is 0 Å². The number of amides is 1. The SMILES string of the molecule is COC(=O)C1CCC(=O)C(=O)N1. The molecule has 66 valence electrons. The predicted octanol–water partition coefficient (Wildman–Crippen LogP) is -0.993. The van der Waals surface area contributed by atoms with Gasteiger partial charge in [0, 0.05) is 6.42 Å². The molecule has 1 N–H and O–H groups in total. The summed E-state index contributed by atoms with van der Waals surface area (Å²) in [5.74, 6) is -1.68. The summed E-state index contributed by atoms with van der Waals surface area (Å²) in [6.07, 6.45) is 0.447. The summed E-state index contributed by atoms with van der Waals surface area (Å²) in [7, 11) is 1.24. The van der Waals surface area contributed by atoms with Crippen molar-refractivity contribution < 1.29 is 19.1 Å². The Morgan fingerprint density at radius 2 is 2.25 bits per heavy atom. The Bertz CT molecular complexity index is 236. The van der Waals surface area contributed by atoms with Crippen LogP contribution in [0.25, 0.3) is 0 Å². The molecule has 0 aromatic carbocycles. The van der Waals surface area contributed by atoms with Crippen molar-refractivity contribution in [2.45, 2.75) is 18.9 Å². The second-order valence-electron chi connectivity index (χ2n) is 2.51. The van der Waals surface area contributed by atoms with Crippen LogP contribution in [0.3, 0.4) is 0 Å². The number of rotatable bonds is 1. The van der Waals surface area contributed by atoms with Crippen LogP contribution >= 0.6 is 0 Å². The number of ketones is 1. The van der Waals surface area contributed by atoms with Crippen molar-refractivity contribution >= 4 is 17.7 Å². The number of Topliss-reactive ketones (excluding diaryl/α,β-unsaturated/α-hetero) is 1. The molecule has 1 saturated heterocycles. The summed E-state index contributed by atoms with van der Waals surface area (Å²) in [5.41, 5.74) is 0. The first-order valence-electron chi connectivity index (χ1n) is 3.56. The number of piperidine rings is 1. The quantitative estimate of drug-likeness (QED) is 0.406. The maximum absolute atomic E-state index is 10.9. The number of nitrogens with one attached hydrogen (secondary N) is 1. The van der Waals surface area contributed by atoms with Crippen LogP contribution in [-0.4, -0.2) is 30.8 Å². The smallest absolute Gasteiger partial charge is 0.328 e.